The van der Waals surface area contributed by atoms with Crippen molar-refractivity contribution in [2.75, 3.05) is 0 Å². The van der Waals surface area contributed by atoms with Crippen molar-refractivity contribution in [3.8, 4) is 0 Å². The van der Waals surface area contributed by atoms with E-state index in [1.807, 2.05) is 0 Å². The van der Waals surface area contributed by atoms with Crippen molar-refractivity contribution in [1.29, 1.82) is 0 Å². The molecule has 7 heteroatoms. The fraction of sp³-hybridized carbons (Fsp3) is 0.0714. The fourth-order valence-electron chi connectivity index (χ4n) is 2.26. The van der Waals surface area contributed by atoms with E-state index in [9.17, 15) is 9.59 Å². The molecule has 0 spiro atoms. The summed E-state index contributed by atoms with van der Waals surface area (Å²) in [7, 11) is 0. The summed E-state index contributed by atoms with van der Waals surface area (Å²) in [6, 6.07) is 6.15. The average Bonchev–Trinajstić information content (AvgIpc) is 2.95. The first kappa shape index (κ1) is 13.6. The highest BCUT2D eigenvalue weighted by molar-refractivity contribution is 7.96. The summed E-state index contributed by atoms with van der Waals surface area (Å²) in [5.41, 5.74) is 2.55. The first-order chi connectivity index (χ1) is 10.1. The third-order valence-corrected chi connectivity index (χ3v) is 3.93. The van der Waals surface area contributed by atoms with Gasteiger partial charge in [0.25, 0.3) is 0 Å². The number of carbonyl (C=O) groups is 2. The molecule has 6 nitrogen and oxygen atoms in total. The Morgan fingerprint density at radius 2 is 1.81 bits per heavy atom. The second-order valence-corrected chi connectivity index (χ2v) is 5.11. The van der Waals surface area contributed by atoms with Crippen LogP contribution in [0.25, 0.3) is 5.57 Å². The smallest absolute Gasteiger partial charge is 0.337 e. The molecule has 1 aromatic carbocycles. The van der Waals surface area contributed by atoms with Gasteiger partial charge >= 0.3 is 11.9 Å². The molecule has 0 amide bonds. The molecule has 21 heavy (non-hydrogen) atoms. The van der Waals surface area contributed by atoms with E-state index >= 15 is 0 Å². The van der Waals surface area contributed by atoms with E-state index in [4.69, 9.17) is 10.2 Å². The lowest BCUT2D eigenvalue weighted by molar-refractivity contribution is -0.132. The van der Waals surface area contributed by atoms with Gasteiger partial charge in [-0.25, -0.2) is 18.7 Å². The third kappa shape index (κ3) is 2.37. The van der Waals surface area contributed by atoms with Gasteiger partial charge in [0.05, 0.1) is 35.0 Å². The Bertz CT molecular complexity index is 719. The normalized spacial score (nSPS) is 20.2. The number of hydrogen-bond acceptors (Lipinski definition) is 5. The summed E-state index contributed by atoms with van der Waals surface area (Å²) in [5.74, 6) is -2.00. The van der Waals surface area contributed by atoms with Crippen molar-refractivity contribution in [3.05, 3.63) is 53.1 Å². The fourth-order valence-corrected chi connectivity index (χ4v) is 2.95. The van der Waals surface area contributed by atoms with Gasteiger partial charge in [0.2, 0.25) is 0 Å². The van der Waals surface area contributed by atoms with Crippen LogP contribution in [0.2, 0.25) is 0 Å². The Morgan fingerprint density at radius 1 is 1.10 bits per heavy atom. The van der Waals surface area contributed by atoms with E-state index in [-0.39, 0.29) is 17.2 Å². The van der Waals surface area contributed by atoms with E-state index in [0.717, 1.165) is 23.3 Å². The monoisotopic (exact) mass is 302 g/mol. The van der Waals surface area contributed by atoms with Gasteiger partial charge < -0.3 is 10.2 Å². The summed E-state index contributed by atoms with van der Waals surface area (Å²) < 4.78 is 7.17. The van der Waals surface area contributed by atoms with Gasteiger partial charge in [0, 0.05) is 0 Å². The number of nitrogens with zero attached hydrogens (tertiary/aromatic N) is 1. The summed E-state index contributed by atoms with van der Waals surface area (Å²) in [4.78, 5) is 22.0. The van der Waals surface area contributed by atoms with Crippen LogP contribution in [0.5, 0.6) is 0 Å². The lowest BCUT2D eigenvalue weighted by atomic mass is 9.87. The SMILES string of the molecule is O=C(O)C1=CC=C(c2ccc(C(=O)O)cc2)C2NSN=C12. The molecule has 0 aromatic heterocycles. The molecule has 2 aliphatic rings. The van der Waals surface area contributed by atoms with Crippen molar-refractivity contribution in [1.82, 2.24) is 4.72 Å². The molecule has 3 N–H and O–H groups in total. The van der Waals surface area contributed by atoms with Crippen LogP contribution in [0, 0.1) is 0 Å². The number of hydrogen-bond donors (Lipinski definition) is 3. The molecule has 1 heterocycles. The summed E-state index contributed by atoms with van der Waals surface area (Å²) >= 11 is 1.11. The molecule has 1 aromatic rings. The van der Waals surface area contributed by atoms with Crippen molar-refractivity contribution >= 4 is 35.4 Å². The van der Waals surface area contributed by atoms with Crippen LogP contribution < -0.4 is 4.72 Å². The molecule has 0 bridgehead atoms. The van der Waals surface area contributed by atoms with Crippen LogP contribution in [0.15, 0.2) is 46.4 Å². The highest BCUT2D eigenvalue weighted by Crippen LogP contribution is 2.31. The standard InChI is InChI=1S/C14H10N2O4S/c17-13(18)8-3-1-7(2-4-8)9-5-6-10(14(19)20)12-11(9)15-21-16-12/h1-6,11,15H,(H,17,18)(H,19,20). The minimum atomic E-state index is -1.01. The summed E-state index contributed by atoms with van der Waals surface area (Å²) in [6.07, 6.45) is 3.24. The van der Waals surface area contributed by atoms with E-state index in [1.54, 1.807) is 18.2 Å². The second-order valence-electron chi connectivity index (χ2n) is 4.51. The Hall–Kier alpha value is -2.38. The number of carboxylic acids is 2. The Kier molecular flexibility index (Phi) is 3.36. The molecular weight excluding hydrogens is 292 g/mol. The molecule has 1 atom stereocenters. The molecule has 0 saturated heterocycles. The van der Waals surface area contributed by atoms with Gasteiger partial charge in [-0.15, -0.1) is 0 Å². The summed E-state index contributed by atoms with van der Waals surface area (Å²) in [6.45, 7) is 0. The number of allylic oxidation sites excluding steroid dienone is 2. The van der Waals surface area contributed by atoms with Gasteiger partial charge in [-0.2, -0.15) is 0 Å². The molecule has 1 aliphatic carbocycles. The maximum Gasteiger partial charge on any atom is 0.337 e. The predicted molar refractivity (Wildman–Crippen MR) is 79.0 cm³/mol. The zero-order valence-electron chi connectivity index (χ0n) is 10.6. The Balaban J connectivity index is 2.00. The van der Waals surface area contributed by atoms with Crippen LogP contribution in [0.1, 0.15) is 15.9 Å². The van der Waals surface area contributed by atoms with Crippen molar-refractivity contribution in [2.24, 2.45) is 4.40 Å². The number of aliphatic carboxylic acids is 1. The molecule has 3 rings (SSSR count). The van der Waals surface area contributed by atoms with Crippen LogP contribution in [-0.2, 0) is 4.79 Å². The van der Waals surface area contributed by atoms with Crippen LogP contribution >= 0.6 is 12.1 Å². The van der Waals surface area contributed by atoms with Crippen molar-refractivity contribution < 1.29 is 19.8 Å². The quantitative estimate of drug-likeness (QED) is 0.736. The Labute approximate surface area is 124 Å². The number of benzene rings is 1. The van der Waals surface area contributed by atoms with E-state index in [1.165, 1.54) is 18.2 Å². The third-order valence-electron chi connectivity index (χ3n) is 3.30. The molecular formula is C14H10N2O4S. The van der Waals surface area contributed by atoms with Gasteiger partial charge in [-0.3, -0.25) is 0 Å². The number of aromatic carboxylic acids is 1. The maximum absolute atomic E-state index is 11.2. The molecule has 0 fully saturated rings. The number of fused-ring (bicyclic) bond motifs is 1. The van der Waals surface area contributed by atoms with Crippen molar-refractivity contribution in [3.63, 3.8) is 0 Å². The van der Waals surface area contributed by atoms with Gasteiger partial charge in [0.1, 0.15) is 0 Å². The van der Waals surface area contributed by atoms with Crippen LogP contribution in [0.4, 0.5) is 0 Å². The number of carboxylic acid groups (broad SMARTS) is 2. The summed E-state index contributed by atoms with van der Waals surface area (Å²) in [5, 5.41) is 18.1. The molecule has 0 radical (unpaired) electrons. The highest BCUT2D eigenvalue weighted by atomic mass is 32.2. The van der Waals surface area contributed by atoms with Crippen molar-refractivity contribution in [2.45, 2.75) is 6.04 Å². The van der Waals surface area contributed by atoms with Gasteiger partial charge in [0.15, 0.2) is 0 Å². The van der Waals surface area contributed by atoms with Gasteiger partial charge in [-0.1, -0.05) is 18.2 Å². The topological polar surface area (TPSA) is 99.0 Å². The largest absolute Gasteiger partial charge is 0.478 e. The van der Waals surface area contributed by atoms with E-state index in [2.05, 4.69) is 9.12 Å². The van der Waals surface area contributed by atoms with Crippen LogP contribution in [0.3, 0.4) is 0 Å². The molecule has 1 unspecified atom stereocenters. The second kappa shape index (κ2) is 5.19. The first-order valence-corrected chi connectivity index (χ1v) is 6.84. The molecule has 1 aliphatic heterocycles. The zero-order valence-corrected chi connectivity index (χ0v) is 11.4. The van der Waals surface area contributed by atoms with Gasteiger partial charge in [-0.05, 0) is 29.3 Å². The lowest BCUT2D eigenvalue weighted by Gasteiger charge is -2.21. The molecule has 106 valence electrons. The Morgan fingerprint density at radius 3 is 2.43 bits per heavy atom. The lowest BCUT2D eigenvalue weighted by Crippen LogP contribution is -2.34. The minimum Gasteiger partial charge on any atom is -0.478 e. The molecule has 0 saturated carbocycles. The first-order valence-electron chi connectivity index (χ1n) is 6.06. The van der Waals surface area contributed by atoms with E-state index in [0.29, 0.717) is 5.71 Å². The zero-order chi connectivity index (χ0) is 15.0. The highest BCUT2D eigenvalue weighted by Gasteiger charge is 2.33. The van der Waals surface area contributed by atoms with E-state index < -0.39 is 11.9 Å². The van der Waals surface area contributed by atoms with Crippen LogP contribution in [-0.4, -0.2) is 33.9 Å². The number of nitrogens with one attached hydrogen (secondary N) is 1. The predicted octanol–water partition coefficient (Wildman–Crippen LogP) is 1.77. The minimum absolute atomic E-state index is 0.170. The maximum atomic E-state index is 11.2. The number of rotatable bonds is 3. The average molecular weight is 302 g/mol.